The van der Waals surface area contributed by atoms with Gasteiger partial charge < -0.3 is 14.5 Å². The first-order valence-corrected chi connectivity index (χ1v) is 7.03. The van der Waals surface area contributed by atoms with E-state index in [2.05, 4.69) is 22.6 Å². The van der Waals surface area contributed by atoms with Crippen LogP contribution < -0.4 is 4.74 Å². The highest BCUT2D eigenvalue weighted by atomic mass is 127. The van der Waals surface area contributed by atoms with E-state index in [0.29, 0.717) is 6.54 Å². The van der Waals surface area contributed by atoms with E-state index in [0.717, 1.165) is 22.3 Å². The predicted octanol–water partition coefficient (Wildman–Crippen LogP) is 2.43. The van der Waals surface area contributed by atoms with Gasteiger partial charge in [0.25, 0.3) is 0 Å². The van der Waals surface area contributed by atoms with Crippen LogP contribution in [-0.4, -0.2) is 49.1 Å². The van der Waals surface area contributed by atoms with Gasteiger partial charge in [0, 0.05) is 27.1 Å². The summed E-state index contributed by atoms with van der Waals surface area (Å²) in [6.07, 6.45) is 0.995. The van der Waals surface area contributed by atoms with E-state index in [4.69, 9.17) is 4.74 Å². The quantitative estimate of drug-likeness (QED) is 0.759. The lowest BCUT2D eigenvalue weighted by atomic mass is 10.3. The van der Waals surface area contributed by atoms with Gasteiger partial charge in [-0.25, -0.2) is 4.79 Å². The first kappa shape index (κ1) is 13.5. The van der Waals surface area contributed by atoms with Crippen LogP contribution in [0.3, 0.4) is 0 Å². The molecule has 1 unspecified atom stereocenters. The number of halogens is 1. The summed E-state index contributed by atoms with van der Waals surface area (Å²) >= 11 is 2.26. The number of benzene rings is 1. The summed E-state index contributed by atoms with van der Waals surface area (Å²) in [6.45, 7) is 1.44. The van der Waals surface area contributed by atoms with Crippen LogP contribution in [0.2, 0.25) is 0 Å². The molecule has 1 aromatic carbocycles. The van der Waals surface area contributed by atoms with Crippen LogP contribution in [0, 0.1) is 3.57 Å². The number of nitrogens with zero attached hydrogens (tertiary/aromatic N) is 2. The normalized spacial score (nSPS) is 18.8. The third-order valence-corrected chi connectivity index (χ3v) is 3.82. The van der Waals surface area contributed by atoms with Crippen molar-refractivity contribution in [3.8, 4) is 5.75 Å². The predicted molar refractivity (Wildman–Crippen MR) is 78.8 cm³/mol. The van der Waals surface area contributed by atoms with Gasteiger partial charge in [-0.05, 0) is 34.7 Å². The summed E-state index contributed by atoms with van der Waals surface area (Å²) in [7, 11) is 3.55. The van der Waals surface area contributed by atoms with Crippen LogP contribution in [0.4, 0.5) is 4.79 Å². The second-order valence-corrected chi connectivity index (χ2v) is 5.74. The van der Waals surface area contributed by atoms with Gasteiger partial charge >= 0.3 is 6.03 Å². The molecule has 4 nitrogen and oxygen atoms in total. The lowest BCUT2D eigenvalue weighted by molar-refractivity contribution is 0.167. The molecular weight excluding hydrogens is 343 g/mol. The van der Waals surface area contributed by atoms with Crippen LogP contribution in [0.25, 0.3) is 0 Å². The van der Waals surface area contributed by atoms with E-state index >= 15 is 0 Å². The molecule has 2 amide bonds. The summed E-state index contributed by atoms with van der Waals surface area (Å²) in [5.41, 5.74) is 0. The van der Waals surface area contributed by atoms with Crippen molar-refractivity contribution in [2.24, 2.45) is 0 Å². The number of para-hydroxylation sites is 1. The zero-order valence-corrected chi connectivity index (χ0v) is 12.8. The molecule has 2 rings (SSSR count). The maximum absolute atomic E-state index is 11.8. The van der Waals surface area contributed by atoms with Gasteiger partial charge in [-0.15, -0.1) is 0 Å². The Hall–Kier alpha value is -0.980. The Morgan fingerprint density at radius 2 is 2.17 bits per heavy atom. The van der Waals surface area contributed by atoms with Crippen LogP contribution in [0.1, 0.15) is 6.42 Å². The molecule has 0 spiro atoms. The van der Waals surface area contributed by atoms with Gasteiger partial charge in [-0.1, -0.05) is 12.1 Å². The van der Waals surface area contributed by atoms with Crippen molar-refractivity contribution in [2.75, 3.05) is 27.2 Å². The number of hydrogen-bond acceptors (Lipinski definition) is 2. The minimum absolute atomic E-state index is 0.0591. The molecule has 1 aliphatic heterocycles. The zero-order valence-electron chi connectivity index (χ0n) is 10.6. The number of carbonyl (C=O) groups excluding carboxylic acids is 1. The van der Waals surface area contributed by atoms with Crippen LogP contribution in [-0.2, 0) is 0 Å². The van der Waals surface area contributed by atoms with E-state index < -0.39 is 0 Å². The molecule has 18 heavy (non-hydrogen) atoms. The lowest BCUT2D eigenvalue weighted by Gasteiger charge is -2.21. The molecule has 1 aliphatic rings. The number of rotatable bonds is 2. The van der Waals surface area contributed by atoms with Gasteiger partial charge in [0.1, 0.15) is 11.9 Å². The third kappa shape index (κ3) is 3.07. The first-order valence-electron chi connectivity index (χ1n) is 5.95. The van der Waals surface area contributed by atoms with Gasteiger partial charge in [0.2, 0.25) is 0 Å². The zero-order chi connectivity index (χ0) is 13.1. The van der Waals surface area contributed by atoms with Crippen molar-refractivity contribution in [2.45, 2.75) is 12.5 Å². The third-order valence-electron chi connectivity index (χ3n) is 2.93. The van der Waals surface area contributed by atoms with Crippen LogP contribution >= 0.6 is 22.6 Å². The topological polar surface area (TPSA) is 32.8 Å². The van der Waals surface area contributed by atoms with Crippen molar-refractivity contribution in [3.05, 3.63) is 27.8 Å². The summed E-state index contributed by atoms with van der Waals surface area (Å²) in [6, 6.07) is 8.01. The van der Waals surface area contributed by atoms with Crippen molar-refractivity contribution in [1.82, 2.24) is 9.80 Å². The molecule has 1 aromatic rings. The van der Waals surface area contributed by atoms with Crippen LogP contribution in [0.5, 0.6) is 5.75 Å². The van der Waals surface area contributed by atoms with E-state index in [-0.39, 0.29) is 12.1 Å². The second kappa shape index (κ2) is 5.77. The van der Waals surface area contributed by atoms with E-state index in [1.54, 1.807) is 19.0 Å². The van der Waals surface area contributed by atoms with Crippen molar-refractivity contribution in [3.63, 3.8) is 0 Å². The Morgan fingerprint density at radius 1 is 1.44 bits per heavy atom. The van der Waals surface area contributed by atoms with Gasteiger partial charge in [0.05, 0.1) is 10.1 Å². The fraction of sp³-hybridized carbons (Fsp3) is 0.462. The number of likely N-dealkylation sites (tertiary alicyclic amines) is 1. The average molecular weight is 360 g/mol. The van der Waals surface area contributed by atoms with Crippen molar-refractivity contribution >= 4 is 28.6 Å². The fourth-order valence-electron chi connectivity index (χ4n) is 2.00. The van der Waals surface area contributed by atoms with E-state index in [9.17, 15) is 4.79 Å². The largest absolute Gasteiger partial charge is 0.487 e. The first-order chi connectivity index (χ1) is 8.58. The molecule has 1 atom stereocenters. The molecule has 0 N–H and O–H groups in total. The number of urea groups is 1. The SMILES string of the molecule is CN(C)C(=O)N1CCC(Oc2ccccc2I)C1. The molecular formula is C13H17IN2O2. The molecule has 1 heterocycles. The summed E-state index contributed by atoms with van der Waals surface area (Å²) < 4.78 is 7.05. The average Bonchev–Trinajstić information content (AvgIpc) is 2.79. The highest BCUT2D eigenvalue weighted by Gasteiger charge is 2.28. The van der Waals surface area contributed by atoms with Gasteiger partial charge in [0.15, 0.2) is 0 Å². The highest BCUT2D eigenvalue weighted by molar-refractivity contribution is 14.1. The monoisotopic (exact) mass is 360 g/mol. The molecule has 5 heteroatoms. The van der Waals surface area contributed by atoms with Crippen molar-refractivity contribution in [1.29, 1.82) is 0 Å². The lowest BCUT2D eigenvalue weighted by Crippen LogP contribution is -2.38. The molecule has 0 radical (unpaired) electrons. The molecule has 0 aliphatic carbocycles. The Morgan fingerprint density at radius 3 is 2.83 bits per heavy atom. The summed E-state index contributed by atoms with van der Waals surface area (Å²) in [4.78, 5) is 15.2. The van der Waals surface area contributed by atoms with E-state index in [1.807, 2.05) is 29.2 Å². The summed E-state index contributed by atoms with van der Waals surface area (Å²) in [5.74, 6) is 0.905. The highest BCUT2D eigenvalue weighted by Crippen LogP contribution is 2.24. The minimum atomic E-state index is 0.0591. The number of carbonyl (C=O) groups is 1. The molecule has 98 valence electrons. The summed E-state index contributed by atoms with van der Waals surface area (Å²) in [5, 5.41) is 0. The second-order valence-electron chi connectivity index (χ2n) is 4.58. The van der Waals surface area contributed by atoms with Crippen molar-refractivity contribution < 1.29 is 9.53 Å². The molecule has 1 saturated heterocycles. The smallest absolute Gasteiger partial charge is 0.319 e. The fourth-order valence-corrected chi connectivity index (χ4v) is 2.52. The Bertz CT molecular complexity index is 437. The van der Waals surface area contributed by atoms with Gasteiger partial charge in [-0.3, -0.25) is 0 Å². The minimum Gasteiger partial charge on any atom is -0.487 e. The Labute approximate surface area is 121 Å². The molecule has 0 saturated carbocycles. The van der Waals surface area contributed by atoms with E-state index in [1.165, 1.54) is 0 Å². The maximum Gasteiger partial charge on any atom is 0.319 e. The van der Waals surface area contributed by atoms with Crippen LogP contribution in [0.15, 0.2) is 24.3 Å². The number of ether oxygens (including phenoxy) is 1. The standard InChI is InChI=1S/C13H17IN2O2/c1-15(2)13(17)16-8-7-10(9-16)18-12-6-4-3-5-11(12)14/h3-6,10H,7-9H2,1-2H3. The van der Waals surface area contributed by atoms with Gasteiger partial charge in [-0.2, -0.15) is 0 Å². The number of hydrogen-bond donors (Lipinski definition) is 0. The Kier molecular flexibility index (Phi) is 4.31. The molecule has 0 aromatic heterocycles. The molecule has 1 fully saturated rings. The number of amides is 2. The Balaban J connectivity index is 1.94. The molecule has 0 bridgehead atoms. The maximum atomic E-state index is 11.8.